The van der Waals surface area contributed by atoms with E-state index in [1.807, 2.05) is 53.2 Å². The Bertz CT molecular complexity index is 1380. The van der Waals surface area contributed by atoms with E-state index in [2.05, 4.69) is 37.9 Å². The molecular formula is C30H29ClN4O2. The van der Waals surface area contributed by atoms with Gasteiger partial charge in [-0.05, 0) is 47.9 Å². The minimum atomic E-state index is -0.366. The molecule has 7 heteroatoms. The number of nitrogens with one attached hydrogen (secondary N) is 1. The second kappa shape index (κ2) is 11.7. The van der Waals surface area contributed by atoms with E-state index < -0.39 is 0 Å². The zero-order valence-corrected chi connectivity index (χ0v) is 21.7. The smallest absolute Gasteiger partial charge is 0.254 e. The summed E-state index contributed by atoms with van der Waals surface area (Å²) in [7, 11) is 0. The van der Waals surface area contributed by atoms with Crippen molar-refractivity contribution in [2.24, 2.45) is 0 Å². The van der Waals surface area contributed by atoms with Gasteiger partial charge in [-0.2, -0.15) is 0 Å². The minimum Gasteiger partial charge on any atom is -0.326 e. The van der Waals surface area contributed by atoms with Gasteiger partial charge in [-0.25, -0.2) is 4.98 Å². The topological polar surface area (TPSA) is 67.2 Å². The zero-order valence-electron chi connectivity index (χ0n) is 20.9. The maximum absolute atomic E-state index is 13.1. The number of hydrogen-bond donors (Lipinski definition) is 1. The molecule has 0 aliphatic carbocycles. The Kier molecular flexibility index (Phi) is 8.21. The molecule has 0 aliphatic rings. The summed E-state index contributed by atoms with van der Waals surface area (Å²) in [4.78, 5) is 32.3. The molecule has 1 aromatic heterocycles. The Morgan fingerprint density at radius 1 is 1.03 bits per heavy atom. The van der Waals surface area contributed by atoms with Crippen LogP contribution in [-0.2, 0) is 4.79 Å². The number of amides is 2. The maximum atomic E-state index is 13.1. The standard InChI is InChI=1S/C30H29ClN4O2/c1-4-18-34(29(37)24-10-14-25(31)15-11-24)20-28(36)33-30-32-27(23-8-6-5-7-9-23)19-35(30)26-16-12-22(13-17-26)21(2)3/h4-17,19,21H,1,18,20H2,2-3H3,(H,32,33,36). The van der Waals surface area contributed by atoms with Crippen LogP contribution in [0.15, 0.2) is 97.7 Å². The van der Waals surface area contributed by atoms with Crippen molar-refractivity contribution in [2.75, 3.05) is 18.4 Å². The first-order valence-electron chi connectivity index (χ1n) is 12.1. The van der Waals surface area contributed by atoms with Crippen molar-refractivity contribution in [3.8, 4) is 16.9 Å². The number of benzene rings is 3. The summed E-state index contributed by atoms with van der Waals surface area (Å²) in [6.07, 6.45) is 3.49. The van der Waals surface area contributed by atoms with Gasteiger partial charge < -0.3 is 4.90 Å². The molecule has 0 unspecified atom stereocenters. The number of carbonyl (C=O) groups is 2. The molecule has 1 heterocycles. The van der Waals surface area contributed by atoms with Gasteiger partial charge in [0.15, 0.2) is 0 Å². The number of anilines is 1. The number of nitrogens with zero attached hydrogens (tertiary/aromatic N) is 3. The van der Waals surface area contributed by atoms with Gasteiger partial charge in [-0.3, -0.25) is 19.5 Å². The summed E-state index contributed by atoms with van der Waals surface area (Å²) in [6.45, 7) is 8.08. The van der Waals surface area contributed by atoms with Crippen LogP contribution in [0.4, 0.5) is 5.95 Å². The van der Waals surface area contributed by atoms with Crippen molar-refractivity contribution >= 4 is 29.4 Å². The molecule has 0 atom stereocenters. The highest BCUT2D eigenvalue weighted by Crippen LogP contribution is 2.25. The van der Waals surface area contributed by atoms with Gasteiger partial charge in [0.1, 0.15) is 6.54 Å². The van der Waals surface area contributed by atoms with E-state index in [9.17, 15) is 9.59 Å². The summed E-state index contributed by atoms with van der Waals surface area (Å²) >= 11 is 5.95. The lowest BCUT2D eigenvalue weighted by atomic mass is 10.0. The lowest BCUT2D eigenvalue weighted by molar-refractivity contribution is -0.116. The Balaban J connectivity index is 1.61. The predicted molar refractivity (Wildman–Crippen MR) is 149 cm³/mol. The molecule has 1 N–H and O–H groups in total. The van der Waals surface area contributed by atoms with Gasteiger partial charge in [-0.1, -0.05) is 74.0 Å². The second-order valence-electron chi connectivity index (χ2n) is 8.96. The first kappa shape index (κ1) is 25.9. The van der Waals surface area contributed by atoms with Crippen LogP contribution < -0.4 is 5.32 Å². The summed E-state index contributed by atoms with van der Waals surface area (Å²) in [5.41, 5.74) is 4.19. The fourth-order valence-corrected chi connectivity index (χ4v) is 4.05. The normalized spacial score (nSPS) is 10.8. The maximum Gasteiger partial charge on any atom is 0.254 e. The van der Waals surface area contributed by atoms with Gasteiger partial charge in [-0.15, -0.1) is 6.58 Å². The Morgan fingerprint density at radius 3 is 2.32 bits per heavy atom. The van der Waals surface area contributed by atoms with Crippen LogP contribution in [0.2, 0.25) is 5.02 Å². The highest BCUT2D eigenvalue weighted by Gasteiger charge is 2.20. The molecule has 4 aromatic rings. The lowest BCUT2D eigenvalue weighted by Gasteiger charge is -2.21. The molecule has 3 aromatic carbocycles. The molecule has 0 radical (unpaired) electrons. The van der Waals surface area contributed by atoms with E-state index in [1.54, 1.807) is 30.3 Å². The summed E-state index contributed by atoms with van der Waals surface area (Å²) in [6, 6.07) is 24.5. The summed E-state index contributed by atoms with van der Waals surface area (Å²) in [5, 5.41) is 3.44. The Morgan fingerprint density at radius 2 is 1.70 bits per heavy atom. The molecular weight excluding hydrogens is 484 g/mol. The van der Waals surface area contributed by atoms with Crippen LogP contribution in [-0.4, -0.2) is 39.4 Å². The molecule has 2 amide bonds. The number of hydrogen-bond acceptors (Lipinski definition) is 3. The quantitative estimate of drug-likeness (QED) is 0.257. The predicted octanol–water partition coefficient (Wildman–Crippen LogP) is 6.58. The minimum absolute atomic E-state index is 0.159. The van der Waals surface area contributed by atoms with Crippen molar-refractivity contribution in [3.05, 3.63) is 114 Å². The zero-order chi connectivity index (χ0) is 26.4. The Hall–Kier alpha value is -4.16. The third-order valence-corrected chi connectivity index (χ3v) is 6.18. The van der Waals surface area contributed by atoms with Crippen molar-refractivity contribution in [2.45, 2.75) is 19.8 Å². The van der Waals surface area contributed by atoms with E-state index >= 15 is 0 Å². The number of halogens is 1. The third kappa shape index (κ3) is 6.35. The Labute approximate surface area is 222 Å². The van der Waals surface area contributed by atoms with Gasteiger partial charge in [0.05, 0.1) is 5.69 Å². The summed E-state index contributed by atoms with van der Waals surface area (Å²) in [5.74, 6) is 0.127. The average Bonchev–Trinajstić information content (AvgIpc) is 3.32. The highest BCUT2D eigenvalue weighted by molar-refractivity contribution is 6.30. The number of imidazole rings is 1. The molecule has 0 aliphatic heterocycles. The molecule has 0 bridgehead atoms. The number of rotatable bonds is 9. The first-order valence-corrected chi connectivity index (χ1v) is 12.4. The largest absolute Gasteiger partial charge is 0.326 e. The number of carbonyl (C=O) groups excluding carboxylic acids is 2. The number of aromatic nitrogens is 2. The average molecular weight is 513 g/mol. The van der Waals surface area contributed by atoms with Crippen molar-refractivity contribution < 1.29 is 9.59 Å². The van der Waals surface area contributed by atoms with Crippen molar-refractivity contribution in [3.63, 3.8) is 0 Å². The molecule has 6 nitrogen and oxygen atoms in total. The first-order chi connectivity index (χ1) is 17.9. The van der Waals surface area contributed by atoms with Crippen LogP contribution >= 0.6 is 11.6 Å². The van der Waals surface area contributed by atoms with E-state index in [-0.39, 0.29) is 24.9 Å². The van der Waals surface area contributed by atoms with E-state index in [1.165, 1.54) is 10.5 Å². The fourth-order valence-electron chi connectivity index (χ4n) is 3.92. The molecule has 0 spiro atoms. The SMILES string of the molecule is C=CCN(CC(=O)Nc1nc(-c2ccccc2)cn1-c1ccc(C(C)C)cc1)C(=O)c1ccc(Cl)cc1. The van der Waals surface area contributed by atoms with E-state index in [0.717, 1.165) is 16.9 Å². The summed E-state index contributed by atoms with van der Waals surface area (Å²) < 4.78 is 1.85. The van der Waals surface area contributed by atoms with E-state index in [0.29, 0.717) is 22.5 Å². The molecule has 0 saturated heterocycles. The van der Waals surface area contributed by atoms with Crippen LogP contribution in [0.3, 0.4) is 0 Å². The van der Waals surface area contributed by atoms with Gasteiger partial charge >= 0.3 is 0 Å². The molecule has 37 heavy (non-hydrogen) atoms. The van der Waals surface area contributed by atoms with Crippen LogP contribution in [0, 0.1) is 0 Å². The van der Waals surface area contributed by atoms with E-state index in [4.69, 9.17) is 16.6 Å². The van der Waals surface area contributed by atoms with Crippen LogP contribution in [0.5, 0.6) is 0 Å². The molecule has 188 valence electrons. The molecule has 0 saturated carbocycles. The fraction of sp³-hybridized carbons (Fsp3) is 0.167. The van der Waals surface area contributed by atoms with Crippen molar-refractivity contribution in [1.29, 1.82) is 0 Å². The lowest BCUT2D eigenvalue weighted by Crippen LogP contribution is -2.38. The molecule has 4 rings (SSSR count). The van der Waals surface area contributed by atoms with Gasteiger partial charge in [0.25, 0.3) is 5.91 Å². The second-order valence-corrected chi connectivity index (χ2v) is 9.40. The third-order valence-electron chi connectivity index (χ3n) is 5.93. The van der Waals surface area contributed by atoms with Gasteiger partial charge in [0, 0.05) is 34.6 Å². The van der Waals surface area contributed by atoms with Crippen LogP contribution in [0.1, 0.15) is 35.7 Å². The van der Waals surface area contributed by atoms with Gasteiger partial charge in [0.2, 0.25) is 11.9 Å². The molecule has 0 fully saturated rings. The van der Waals surface area contributed by atoms with Crippen molar-refractivity contribution in [1.82, 2.24) is 14.5 Å². The van der Waals surface area contributed by atoms with Crippen LogP contribution in [0.25, 0.3) is 16.9 Å². The highest BCUT2D eigenvalue weighted by atomic mass is 35.5. The monoisotopic (exact) mass is 512 g/mol.